The Kier molecular flexibility index (Phi) is 8.19. The molecule has 2 nitrogen and oxygen atoms in total. The van der Waals surface area contributed by atoms with Gasteiger partial charge in [-0.05, 0) is 98.6 Å². The summed E-state index contributed by atoms with van der Waals surface area (Å²) in [6.45, 7) is 0. The van der Waals surface area contributed by atoms with Crippen molar-refractivity contribution in [1.29, 1.82) is 0 Å². The second-order valence-corrected chi connectivity index (χ2v) is 15.0. The number of anilines is 3. The third-order valence-corrected chi connectivity index (χ3v) is 11.6. The molecule has 0 radical (unpaired) electrons. The molecule has 11 rings (SSSR count). The summed E-state index contributed by atoms with van der Waals surface area (Å²) in [4.78, 5) is 2.39. The molecule has 0 N–H and O–H groups in total. The summed E-state index contributed by atoms with van der Waals surface area (Å²) in [5.41, 5.74) is 14.0. The SMILES string of the molecule is c1ccc(-c2ccc(N(c3ccc(-c4ccc5ccccc5c4)cc3)c3ccccc3-c3ccc(-n4c5ccccc5c5ccc6ccccc6c54)cc3)cc2)cc1. The van der Waals surface area contributed by atoms with Gasteiger partial charge in [-0.15, -0.1) is 0 Å². The van der Waals surface area contributed by atoms with Crippen LogP contribution in [-0.2, 0) is 0 Å². The normalized spacial score (nSPS) is 11.4. The lowest BCUT2D eigenvalue weighted by Crippen LogP contribution is -2.11. The molecule has 10 aromatic carbocycles. The van der Waals surface area contributed by atoms with E-state index in [0.717, 1.165) is 33.9 Å². The van der Waals surface area contributed by atoms with Crippen LogP contribution in [0.25, 0.3) is 82.4 Å². The lowest BCUT2D eigenvalue weighted by Gasteiger charge is -2.28. The maximum absolute atomic E-state index is 2.43. The number of fused-ring (bicyclic) bond motifs is 6. The van der Waals surface area contributed by atoms with Crippen molar-refractivity contribution < 1.29 is 0 Å². The van der Waals surface area contributed by atoms with Crippen molar-refractivity contribution in [3.8, 4) is 39.1 Å². The van der Waals surface area contributed by atoms with Gasteiger partial charge < -0.3 is 9.47 Å². The highest BCUT2D eigenvalue weighted by Gasteiger charge is 2.19. The smallest absolute Gasteiger partial charge is 0.0619 e. The Bertz CT molecular complexity index is 3250. The molecule has 58 heavy (non-hydrogen) atoms. The standard InChI is InChI=1S/C56H38N2/c1-2-12-39(13-3-1)41-24-31-47(32-25-41)57(48-33-26-42(27-34-48)46-23-22-40-14-4-5-16-45(40)38-46)54-20-10-8-17-50(54)44-28-35-49(36-29-44)58-55-21-11-9-19-52(55)53-37-30-43-15-6-7-18-51(43)56(53)58/h1-38H. The molecule has 0 atom stereocenters. The van der Waals surface area contributed by atoms with Crippen LogP contribution in [0, 0.1) is 0 Å². The van der Waals surface area contributed by atoms with Gasteiger partial charge in [0, 0.05) is 38.8 Å². The number of benzene rings is 10. The van der Waals surface area contributed by atoms with Crippen LogP contribution < -0.4 is 4.90 Å². The highest BCUT2D eigenvalue weighted by Crippen LogP contribution is 2.43. The Balaban J connectivity index is 1.02. The van der Waals surface area contributed by atoms with Crippen LogP contribution in [0.5, 0.6) is 0 Å². The molecule has 272 valence electrons. The maximum atomic E-state index is 2.43. The number of aromatic nitrogens is 1. The molecule has 0 aliphatic rings. The summed E-state index contributed by atoms with van der Waals surface area (Å²) >= 11 is 0. The van der Waals surface area contributed by atoms with Gasteiger partial charge in [0.15, 0.2) is 0 Å². The minimum atomic E-state index is 1.10. The van der Waals surface area contributed by atoms with Crippen molar-refractivity contribution in [1.82, 2.24) is 4.57 Å². The van der Waals surface area contributed by atoms with E-state index < -0.39 is 0 Å². The van der Waals surface area contributed by atoms with Crippen LogP contribution in [0.2, 0.25) is 0 Å². The first kappa shape index (κ1) is 33.6. The van der Waals surface area contributed by atoms with E-state index in [9.17, 15) is 0 Å². The van der Waals surface area contributed by atoms with Gasteiger partial charge in [-0.2, -0.15) is 0 Å². The molecule has 1 aromatic heterocycles. The summed E-state index contributed by atoms with van der Waals surface area (Å²) in [6, 6.07) is 83.6. The van der Waals surface area contributed by atoms with Crippen LogP contribution >= 0.6 is 0 Å². The van der Waals surface area contributed by atoms with E-state index in [4.69, 9.17) is 0 Å². The van der Waals surface area contributed by atoms with E-state index in [2.05, 4.69) is 240 Å². The second kappa shape index (κ2) is 14.1. The fourth-order valence-corrected chi connectivity index (χ4v) is 8.73. The monoisotopic (exact) mass is 738 g/mol. The lowest BCUT2D eigenvalue weighted by atomic mass is 9.99. The van der Waals surface area contributed by atoms with Gasteiger partial charge in [0.05, 0.1) is 16.7 Å². The summed E-state index contributed by atoms with van der Waals surface area (Å²) in [5.74, 6) is 0. The van der Waals surface area contributed by atoms with E-state index in [-0.39, 0.29) is 0 Å². The number of hydrogen-bond donors (Lipinski definition) is 0. The van der Waals surface area contributed by atoms with E-state index in [1.165, 1.54) is 65.6 Å². The van der Waals surface area contributed by atoms with Crippen LogP contribution in [0.4, 0.5) is 17.1 Å². The molecule has 0 unspecified atom stereocenters. The highest BCUT2D eigenvalue weighted by atomic mass is 15.1. The first-order chi connectivity index (χ1) is 28.8. The van der Waals surface area contributed by atoms with Crippen molar-refractivity contribution >= 4 is 60.4 Å². The fraction of sp³-hybridized carbons (Fsp3) is 0. The van der Waals surface area contributed by atoms with Gasteiger partial charge in [-0.1, -0.05) is 176 Å². The maximum Gasteiger partial charge on any atom is 0.0619 e. The van der Waals surface area contributed by atoms with Gasteiger partial charge in [0.1, 0.15) is 0 Å². The Hall–Kier alpha value is -7.68. The molecule has 0 aliphatic heterocycles. The predicted octanol–water partition coefficient (Wildman–Crippen LogP) is 15.6. The second-order valence-electron chi connectivity index (χ2n) is 15.0. The fourth-order valence-electron chi connectivity index (χ4n) is 8.73. The topological polar surface area (TPSA) is 8.17 Å². The Morgan fingerprint density at radius 1 is 0.310 bits per heavy atom. The molecule has 0 saturated carbocycles. The molecule has 1 heterocycles. The zero-order valence-corrected chi connectivity index (χ0v) is 31.8. The van der Waals surface area contributed by atoms with Crippen molar-refractivity contribution in [2.24, 2.45) is 0 Å². The molecule has 2 heteroatoms. The quantitative estimate of drug-likeness (QED) is 0.158. The zero-order valence-electron chi connectivity index (χ0n) is 31.8. The first-order valence-electron chi connectivity index (χ1n) is 19.9. The van der Waals surface area contributed by atoms with Gasteiger partial charge >= 0.3 is 0 Å². The summed E-state index contributed by atoms with van der Waals surface area (Å²) in [6.07, 6.45) is 0. The van der Waals surface area contributed by atoms with Crippen LogP contribution in [0.15, 0.2) is 231 Å². The van der Waals surface area contributed by atoms with E-state index >= 15 is 0 Å². The van der Waals surface area contributed by atoms with Gasteiger partial charge in [0.25, 0.3) is 0 Å². The molecule has 0 bridgehead atoms. The third-order valence-electron chi connectivity index (χ3n) is 11.6. The minimum Gasteiger partial charge on any atom is -0.310 e. The average Bonchev–Trinajstić information content (AvgIpc) is 3.65. The Morgan fingerprint density at radius 3 is 1.60 bits per heavy atom. The molecule has 0 aliphatic carbocycles. The van der Waals surface area contributed by atoms with Crippen molar-refractivity contribution in [3.63, 3.8) is 0 Å². The predicted molar refractivity (Wildman–Crippen MR) is 247 cm³/mol. The third kappa shape index (κ3) is 5.82. The van der Waals surface area contributed by atoms with Crippen molar-refractivity contribution in [2.45, 2.75) is 0 Å². The number of para-hydroxylation sites is 2. The number of rotatable bonds is 7. The van der Waals surface area contributed by atoms with Gasteiger partial charge in [-0.3, -0.25) is 0 Å². The number of hydrogen-bond acceptors (Lipinski definition) is 1. The van der Waals surface area contributed by atoms with E-state index in [1.807, 2.05) is 0 Å². The van der Waals surface area contributed by atoms with E-state index in [1.54, 1.807) is 0 Å². The molecular weight excluding hydrogens is 701 g/mol. The molecule has 0 fully saturated rings. The van der Waals surface area contributed by atoms with Crippen LogP contribution in [0.3, 0.4) is 0 Å². The Labute approximate surface area is 338 Å². The molecule has 0 amide bonds. The zero-order chi connectivity index (χ0) is 38.4. The van der Waals surface area contributed by atoms with Gasteiger partial charge in [-0.25, -0.2) is 0 Å². The largest absolute Gasteiger partial charge is 0.310 e. The molecule has 11 aromatic rings. The molecule has 0 spiro atoms. The lowest BCUT2D eigenvalue weighted by molar-refractivity contribution is 1.19. The van der Waals surface area contributed by atoms with Gasteiger partial charge in [0.2, 0.25) is 0 Å². The van der Waals surface area contributed by atoms with Crippen molar-refractivity contribution in [3.05, 3.63) is 231 Å². The first-order valence-corrected chi connectivity index (χ1v) is 19.9. The Morgan fingerprint density at radius 2 is 0.845 bits per heavy atom. The highest BCUT2D eigenvalue weighted by molar-refractivity contribution is 6.18. The minimum absolute atomic E-state index is 1.10. The van der Waals surface area contributed by atoms with E-state index in [0.29, 0.717) is 0 Å². The number of nitrogens with zero attached hydrogens (tertiary/aromatic N) is 2. The molecule has 0 saturated heterocycles. The summed E-state index contributed by atoms with van der Waals surface area (Å²) < 4.78 is 2.43. The molecular formula is C56H38N2. The summed E-state index contributed by atoms with van der Waals surface area (Å²) in [5, 5.41) is 7.53. The van der Waals surface area contributed by atoms with Crippen LogP contribution in [0.1, 0.15) is 0 Å². The van der Waals surface area contributed by atoms with Crippen LogP contribution in [-0.4, -0.2) is 4.57 Å². The average molecular weight is 739 g/mol. The van der Waals surface area contributed by atoms with Crippen molar-refractivity contribution in [2.75, 3.05) is 4.90 Å². The summed E-state index contributed by atoms with van der Waals surface area (Å²) in [7, 11) is 0.